The standard InChI is InChI=1S/C11H13FN2O2S/c12-9-6-10(14)8-11(7-9)17(15,16)5-3-1-2-4-13/h6-8H,1-3,5,14H2. The number of nitrogens with zero attached hydrogens (tertiary/aromatic N) is 1. The topological polar surface area (TPSA) is 84.0 Å². The lowest BCUT2D eigenvalue weighted by atomic mass is 10.3. The molecule has 1 aromatic carbocycles. The van der Waals surface area contributed by atoms with Crippen LogP contribution in [0.1, 0.15) is 19.3 Å². The van der Waals surface area contributed by atoms with Crippen LogP contribution >= 0.6 is 0 Å². The first-order valence-electron chi connectivity index (χ1n) is 5.11. The van der Waals surface area contributed by atoms with Crippen molar-refractivity contribution < 1.29 is 12.8 Å². The van der Waals surface area contributed by atoms with E-state index in [4.69, 9.17) is 11.0 Å². The van der Waals surface area contributed by atoms with E-state index in [2.05, 4.69) is 0 Å². The van der Waals surface area contributed by atoms with Crippen molar-refractivity contribution in [2.24, 2.45) is 0 Å². The number of halogens is 1. The van der Waals surface area contributed by atoms with Gasteiger partial charge in [-0.3, -0.25) is 0 Å². The van der Waals surface area contributed by atoms with Gasteiger partial charge in [-0.25, -0.2) is 12.8 Å². The van der Waals surface area contributed by atoms with Gasteiger partial charge >= 0.3 is 0 Å². The van der Waals surface area contributed by atoms with Crippen molar-refractivity contribution in [2.75, 3.05) is 11.5 Å². The van der Waals surface area contributed by atoms with Crippen molar-refractivity contribution in [1.29, 1.82) is 5.26 Å². The third kappa shape index (κ3) is 4.04. The van der Waals surface area contributed by atoms with E-state index < -0.39 is 15.7 Å². The smallest absolute Gasteiger partial charge is 0.178 e. The third-order valence-electron chi connectivity index (χ3n) is 2.20. The number of rotatable bonds is 5. The van der Waals surface area contributed by atoms with Gasteiger partial charge in [0, 0.05) is 12.1 Å². The van der Waals surface area contributed by atoms with Crippen LogP contribution in [0.25, 0.3) is 0 Å². The number of hydrogen-bond donors (Lipinski definition) is 1. The number of nitriles is 1. The fourth-order valence-corrected chi connectivity index (χ4v) is 2.81. The maximum atomic E-state index is 13.0. The first kappa shape index (κ1) is 13.5. The van der Waals surface area contributed by atoms with E-state index in [-0.39, 0.29) is 16.3 Å². The van der Waals surface area contributed by atoms with Gasteiger partial charge < -0.3 is 5.73 Å². The Labute approximate surface area is 99.8 Å². The molecule has 0 fully saturated rings. The highest BCUT2D eigenvalue weighted by molar-refractivity contribution is 7.91. The van der Waals surface area contributed by atoms with Gasteiger partial charge in [-0.15, -0.1) is 0 Å². The van der Waals surface area contributed by atoms with Crippen LogP contribution in [0.5, 0.6) is 0 Å². The number of benzene rings is 1. The normalized spacial score (nSPS) is 11.1. The molecule has 0 spiro atoms. The Balaban J connectivity index is 2.79. The summed E-state index contributed by atoms with van der Waals surface area (Å²) in [5.41, 5.74) is 5.47. The molecule has 0 unspecified atom stereocenters. The molecule has 1 aromatic rings. The molecular formula is C11H13FN2O2S. The Morgan fingerprint density at radius 3 is 2.59 bits per heavy atom. The van der Waals surface area contributed by atoms with E-state index in [0.717, 1.165) is 12.1 Å². The van der Waals surface area contributed by atoms with Crippen LogP contribution in [0.2, 0.25) is 0 Å². The monoisotopic (exact) mass is 256 g/mol. The summed E-state index contributed by atoms with van der Waals surface area (Å²) in [4.78, 5) is -0.105. The van der Waals surface area contributed by atoms with Gasteiger partial charge in [0.2, 0.25) is 0 Å². The summed E-state index contributed by atoms with van der Waals surface area (Å²) in [6.45, 7) is 0. The summed E-state index contributed by atoms with van der Waals surface area (Å²) >= 11 is 0. The fourth-order valence-electron chi connectivity index (χ4n) is 1.38. The lowest BCUT2D eigenvalue weighted by Crippen LogP contribution is -2.08. The molecule has 0 aliphatic heterocycles. The van der Waals surface area contributed by atoms with Crippen LogP contribution in [0, 0.1) is 17.1 Å². The molecule has 0 bridgehead atoms. The molecule has 0 atom stereocenters. The van der Waals surface area contributed by atoms with Gasteiger partial charge in [-0.1, -0.05) is 0 Å². The summed E-state index contributed by atoms with van der Waals surface area (Å²) in [7, 11) is -3.52. The molecule has 1 rings (SSSR count). The highest BCUT2D eigenvalue weighted by Crippen LogP contribution is 2.18. The predicted molar refractivity (Wildman–Crippen MR) is 62.3 cm³/mol. The SMILES string of the molecule is N#CCCCCS(=O)(=O)c1cc(N)cc(F)c1. The molecule has 0 aromatic heterocycles. The molecular weight excluding hydrogens is 243 g/mol. The minimum absolute atomic E-state index is 0.0839. The van der Waals surface area contributed by atoms with E-state index in [1.54, 1.807) is 0 Å². The summed E-state index contributed by atoms with van der Waals surface area (Å²) < 4.78 is 36.6. The zero-order valence-electron chi connectivity index (χ0n) is 9.19. The van der Waals surface area contributed by atoms with Crippen molar-refractivity contribution in [3.63, 3.8) is 0 Å². The summed E-state index contributed by atoms with van der Waals surface area (Å²) in [6, 6.07) is 5.19. The van der Waals surface area contributed by atoms with Gasteiger partial charge in [0.1, 0.15) is 5.82 Å². The Kier molecular flexibility index (Phi) is 4.46. The van der Waals surface area contributed by atoms with Gasteiger partial charge in [0.25, 0.3) is 0 Å². The molecule has 0 aliphatic rings. The van der Waals surface area contributed by atoms with E-state index in [1.807, 2.05) is 6.07 Å². The first-order chi connectivity index (χ1) is 7.95. The quantitative estimate of drug-likeness (QED) is 0.644. The minimum atomic E-state index is -3.52. The van der Waals surface area contributed by atoms with Crippen LogP contribution in [0.4, 0.5) is 10.1 Å². The molecule has 0 saturated heterocycles. The van der Waals surface area contributed by atoms with E-state index in [9.17, 15) is 12.8 Å². The van der Waals surface area contributed by atoms with Gasteiger partial charge in [0.15, 0.2) is 9.84 Å². The molecule has 92 valence electrons. The van der Waals surface area contributed by atoms with Crippen molar-refractivity contribution in [1.82, 2.24) is 0 Å². The Hall–Kier alpha value is -1.61. The molecule has 0 heterocycles. The van der Waals surface area contributed by atoms with Crippen molar-refractivity contribution in [3.8, 4) is 6.07 Å². The van der Waals surface area contributed by atoms with Crippen LogP contribution in [0.3, 0.4) is 0 Å². The number of nitrogen functional groups attached to an aromatic ring is 1. The molecule has 2 N–H and O–H groups in total. The number of hydrogen-bond acceptors (Lipinski definition) is 4. The Morgan fingerprint density at radius 1 is 1.29 bits per heavy atom. The Bertz CT molecular complexity index is 515. The van der Waals surface area contributed by atoms with Crippen LogP contribution in [0.15, 0.2) is 23.1 Å². The highest BCUT2D eigenvalue weighted by atomic mass is 32.2. The zero-order chi connectivity index (χ0) is 12.9. The molecule has 0 radical (unpaired) electrons. The van der Waals surface area contributed by atoms with E-state index >= 15 is 0 Å². The van der Waals surface area contributed by atoms with E-state index in [0.29, 0.717) is 19.3 Å². The van der Waals surface area contributed by atoms with Crippen molar-refractivity contribution in [3.05, 3.63) is 24.0 Å². The fraction of sp³-hybridized carbons (Fsp3) is 0.364. The average Bonchev–Trinajstić information content (AvgIpc) is 2.23. The summed E-state index contributed by atoms with van der Waals surface area (Å²) in [6.07, 6.45) is 1.22. The summed E-state index contributed by atoms with van der Waals surface area (Å²) in [5.74, 6) is -0.766. The summed E-state index contributed by atoms with van der Waals surface area (Å²) in [5, 5.41) is 8.32. The van der Waals surface area contributed by atoms with Crippen LogP contribution < -0.4 is 5.73 Å². The third-order valence-corrected chi connectivity index (χ3v) is 3.98. The zero-order valence-corrected chi connectivity index (χ0v) is 10.0. The molecule has 4 nitrogen and oxygen atoms in total. The first-order valence-corrected chi connectivity index (χ1v) is 6.77. The number of unbranched alkanes of at least 4 members (excludes halogenated alkanes) is 2. The van der Waals surface area contributed by atoms with Gasteiger partial charge in [0.05, 0.1) is 16.7 Å². The predicted octanol–water partition coefficient (Wildman–Crippen LogP) is 1.88. The number of nitrogens with two attached hydrogens (primary N) is 1. The molecule has 0 amide bonds. The Morgan fingerprint density at radius 2 is 2.00 bits per heavy atom. The number of anilines is 1. The van der Waals surface area contributed by atoms with Crippen molar-refractivity contribution >= 4 is 15.5 Å². The highest BCUT2D eigenvalue weighted by Gasteiger charge is 2.15. The lowest BCUT2D eigenvalue weighted by Gasteiger charge is -2.05. The van der Waals surface area contributed by atoms with Gasteiger partial charge in [-0.05, 0) is 31.0 Å². The molecule has 6 heteroatoms. The largest absolute Gasteiger partial charge is 0.399 e. The molecule has 0 aliphatic carbocycles. The van der Waals surface area contributed by atoms with Gasteiger partial charge in [-0.2, -0.15) is 5.26 Å². The second-order valence-electron chi connectivity index (χ2n) is 3.65. The average molecular weight is 256 g/mol. The van der Waals surface area contributed by atoms with Crippen molar-refractivity contribution in [2.45, 2.75) is 24.2 Å². The second kappa shape index (κ2) is 5.64. The maximum Gasteiger partial charge on any atom is 0.178 e. The number of sulfone groups is 1. The minimum Gasteiger partial charge on any atom is -0.399 e. The van der Waals surface area contributed by atoms with Crippen LogP contribution in [-0.4, -0.2) is 14.2 Å². The van der Waals surface area contributed by atoms with E-state index in [1.165, 1.54) is 6.07 Å². The second-order valence-corrected chi connectivity index (χ2v) is 5.76. The lowest BCUT2D eigenvalue weighted by molar-refractivity contribution is 0.587. The molecule has 17 heavy (non-hydrogen) atoms. The molecule has 0 saturated carbocycles. The van der Waals surface area contributed by atoms with Crippen LogP contribution in [-0.2, 0) is 9.84 Å². The maximum absolute atomic E-state index is 13.0.